The second kappa shape index (κ2) is 1.10. The van der Waals surface area contributed by atoms with E-state index in [-0.39, 0.29) is 6.10 Å². The minimum atomic E-state index is 0.0556. The largest absolute Gasteiger partial charge is 0.393 e. The summed E-state index contributed by atoms with van der Waals surface area (Å²) in [5.74, 6) is 0.683. The lowest BCUT2D eigenvalue weighted by Crippen LogP contribution is -2.02. The molecule has 0 radical (unpaired) electrons. The molecule has 2 rings (SSSR count). The molecule has 1 heteroatoms. The highest BCUT2D eigenvalue weighted by atomic mass is 16.3. The van der Waals surface area contributed by atoms with Gasteiger partial charge in [0.25, 0.3) is 0 Å². The van der Waals surface area contributed by atoms with Gasteiger partial charge in [0.05, 0.1) is 6.10 Å². The molecule has 1 N–H and O–H groups in total. The molecule has 0 aromatic carbocycles. The lowest BCUT2D eigenvalue weighted by molar-refractivity contribution is 0.158. The fourth-order valence-corrected chi connectivity index (χ4v) is 2.01. The van der Waals surface area contributed by atoms with Crippen LogP contribution in [0.15, 0.2) is 0 Å². The van der Waals surface area contributed by atoms with Crippen LogP contribution in [0.1, 0.15) is 26.2 Å². The van der Waals surface area contributed by atoms with Crippen molar-refractivity contribution in [3.8, 4) is 0 Å². The van der Waals surface area contributed by atoms with Crippen molar-refractivity contribution < 1.29 is 5.11 Å². The van der Waals surface area contributed by atoms with Gasteiger partial charge in [-0.1, -0.05) is 6.92 Å². The number of hydrogen-bond acceptors (Lipinski definition) is 1. The van der Waals surface area contributed by atoms with Crippen LogP contribution < -0.4 is 0 Å². The molecule has 0 saturated heterocycles. The fourth-order valence-electron chi connectivity index (χ4n) is 2.01. The Kier molecular flexibility index (Phi) is 0.663. The molecule has 2 fully saturated rings. The fraction of sp³-hybridized carbons (Fsp3) is 1.00. The highest BCUT2D eigenvalue weighted by molar-refractivity contribution is 5.07. The van der Waals surface area contributed by atoms with Crippen LogP contribution in [-0.2, 0) is 0 Å². The summed E-state index contributed by atoms with van der Waals surface area (Å²) in [6.45, 7) is 2.29. The van der Waals surface area contributed by atoms with Crippen molar-refractivity contribution in [3.63, 3.8) is 0 Å². The Bertz CT molecular complexity index is 122. The van der Waals surface area contributed by atoms with Gasteiger partial charge in [-0.3, -0.25) is 0 Å². The minimum Gasteiger partial charge on any atom is -0.393 e. The molecule has 0 aromatic rings. The molecule has 0 aromatic heterocycles. The average molecular weight is 112 g/mol. The summed E-state index contributed by atoms with van der Waals surface area (Å²) in [6, 6.07) is 0. The topological polar surface area (TPSA) is 20.2 Å². The number of hydrogen-bond donors (Lipinski definition) is 1. The Balaban J connectivity index is 2.15. The van der Waals surface area contributed by atoms with Gasteiger partial charge in [0.15, 0.2) is 0 Å². The van der Waals surface area contributed by atoms with Crippen molar-refractivity contribution in [2.24, 2.45) is 11.3 Å². The molecule has 8 heavy (non-hydrogen) atoms. The molecular weight excluding hydrogens is 100 g/mol. The van der Waals surface area contributed by atoms with Gasteiger partial charge in [-0.25, -0.2) is 0 Å². The van der Waals surface area contributed by atoms with Crippen LogP contribution in [0.3, 0.4) is 0 Å². The molecule has 0 heterocycles. The minimum absolute atomic E-state index is 0.0556. The third-order valence-corrected chi connectivity index (χ3v) is 2.90. The van der Waals surface area contributed by atoms with E-state index in [2.05, 4.69) is 6.92 Å². The van der Waals surface area contributed by atoms with Gasteiger partial charge in [0.2, 0.25) is 0 Å². The molecule has 2 saturated carbocycles. The Labute approximate surface area is 49.7 Å². The summed E-state index contributed by atoms with van der Waals surface area (Å²) in [4.78, 5) is 0. The quantitative estimate of drug-likeness (QED) is 0.498. The van der Waals surface area contributed by atoms with Gasteiger partial charge >= 0.3 is 0 Å². The molecule has 0 spiro atoms. The summed E-state index contributed by atoms with van der Waals surface area (Å²) in [5.41, 5.74) is 0.583. The van der Waals surface area contributed by atoms with Crippen LogP contribution >= 0.6 is 0 Å². The summed E-state index contributed by atoms with van der Waals surface area (Å²) >= 11 is 0. The van der Waals surface area contributed by atoms with E-state index in [1.54, 1.807) is 0 Å². The summed E-state index contributed by atoms with van der Waals surface area (Å²) in [6.07, 6.45) is 3.66. The van der Waals surface area contributed by atoms with Crippen LogP contribution in [-0.4, -0.2) is 11.2 Å². The molecule has 0 amide bonds. The van der Waals surface area contributed by atoms with E-state index in [9.17, 15) is 5.11 Å². The molecule has 46 valence electrons. The lowest BCUT2D eigenvalue weighted by atomic mass is 10.1. The first-order valence-corrected chi connectivity index (χ1v) is 3.40. The Hall–Kier alpha value is -0.0400. The van der Waals surface area contributed by atoms with E-state index in [0.717, 1.165) is 6.42 Å². The number of aliphatic hydroxyl groups excluding tert-OH is 1. The smallest absolute Gasteiger partial charge is 0.0574 e. The standard InChI is InChI=1S/C7H12O/c1-7-3-2-6(8)5(7)4-7/h5-6,8H,2-4H2,1H3. The maximum Gasteiger partial charge on any atom is 0.0574 e. The van der Waals surface area contributed by atoms with E-state index in [0.29, 0.717) is 11.3 Å². The highest BCUT2D eigenvalue weighted by Crippen LogP contribution is 2.62. The maximum atomic E-state index is 9.20. The molecule has 2 aliphatic carbocycles. The Morgan fingerprint density at radius 2 is 2.38 bits per heavy atom. The van der Waals surface area contributed by atoms with E-state index in [4.69, 9.17) is 0 Å². The van der Waals surface area contributed by atoms with Gasteiger partial charge < -0.3 is 5.11 Å². The van der Waals surface area contributed by atoms with Crippen molar-refractivity contribution in [3.05, 3.63) is 0 Å². The molecular formula is C7H12O. The summed E-state index contributed by atoms with van der Waals surface area (Å²) in [5, 5.41) is 9.20. The first-order chi connectivity index (χ1) is 3.72. The van der Waals surface area contributed by atoms with E-state index in [1.807, 2.05) is 0 Å². The van der Waals surface area contributed by atoms with Crippen molar-refractivity contribution in [1.82, 2.24) is 0 Å². The van der Waals surface area contributed by atoms with Crippen LogP contribution in [0, 0.1) is 11.3 Å². The Morgan fingerprint density at radius 1 is 1.62 bits per heavy atom. The van der Waals surface area contributed by atoms with Crippen molar-refractivity contribution in [1.29, 1.82) is 0 Å². The molecule has 0 bridgehead atoms. The summed E-state index contributed by atoms with van der Waals surface area (Å²) < 4.78 is 0. The van der Waals surface area contributed by atoms with Crippen molar-refractivity contribution >= 4 is 0 Å². The second-order valence-corrected chi connectivity index (χ2v) is 3.57. The maximum absolute atomic E-state index is 9.20. The van der Waals surface area contributed by atoms with Gasteiger partial charge in [0, 0.05) is 0 Å². The van der Waals surface area contributed by atoms with Crippen LogP contribution in [0.4, 0.5) is 0 Å². The monoisotopic (exact) mass is 112 g/mol. The average Bonchev–Trinajstić information content (AvgIpc) is 2.32. The predicted molar refractivity (Wildman–Crippen MR) is 31.5 cm³/mol. The zero-order valence-corrected chi connectivity index (χ0v) is 5.22. The van der Waals surface area contributed by atoms with Crippen LogP contribution in [0.5, 0.6) is 0 Å². The van der Waals surface area contributed by atoms with E-state index >= 15 is 0 Å². The number of aliphatic hydroxyl groups is 1. The number of rotatable bonds is 0. The second-order valence-electron chi connectivity index (χ2n) is 3.57. The zero-order chi connectivity index (χ0) is 5.78. The zero-order valence-electron chi connectivity index (χ0n) is 5.22. The third-order valence-electron chi connectivity index (χ3n) is 2.90. The number of fused-ring (bicyclic) bond motifs is 1. The van der Waals surface area contributed by atoms with Gasteiger partial charge in [-0.15, -0.1) is 0 Å². The van der Waals surface area contributed by atoms with Crippen LogP contribution in [0.25, 0.3) is 0 Å². The molecule has 2 aliphatic rings. The SMILES string of the molecule is CC12CCC(O)C1C2. The van der Waals surface area contributed by atoms with Gasteiger partial charge in [-0.05, 0) is 30.6 Å². The van der Waals surface area contributed by atoms with Gasteiger partial charge in [0.1, 0.15) is 0 Å². The molecule has 3 unspecified atom stereocenters. The van der Waals surface area contributed by atoms with E-state index in [1.165, 1.54) is 12.8 Å². The first-order valence-electron chi connectivity index (χ1n) is 3.40. The van der Waals surface area contributed by atoms with Gasteiger partial charge in [-0.2, -0.15) is 0 Å². The lowest BCUT2D eigenvalue weighted by Gasteiger charge is -1.98. The third kappa shape index (κ3) is 0.408. The van der Waals surface area contributed by atoms with Crippen molar-refractivity contribution in [2.75, 3.05) is 0 Å². The highest BCUT2D eigenvalue weighted by Gasteiger charge is 2.57. The van der Waals surface area contributed by atoms with E-state index < -0.39 is 0 Å². The first kappa shape index (κ1) is 4.80. The normalized spacial score (nSPS) is 60.8. The Morgan fingerprint density at radius 3 is 2.50 bits per heavy atom. The van der Waals surface area contributed by atoms with Crippen LogP contribution in [0.2, 0.25) is 0 Å². The summed E-state index contributed by atoms with van der Waals surface area (Å²) in [7, 11) is 0. The van der Waals surface area contributed by atoms with Crippen molar-refractivity contribution in [2.45, 2.75) is 32.3 Å². The predicted octanol–water partition coefficient (Wildman–Crippen LogP) is 1.17. The molecule has 0 aliphatic heterocycles. The molecule has 1 nitrogen and oxygen atoms in total. The molecule has 3 atom stereocenters.